The Balaban J connectivity index is 1.79. The van der Waals surface area contributed by atoms with Crippen LogP contribution in [-0.2, 0) is 14.8 Å². The molecular formula is C20H20FN3O4S2. The van der Waals surface area contributed by atoms with E-state index in [0.717, 1.165) is 11.3 Å². The smallest absolute Gasteiger partial charge is 0.271 e. The first-order chi connectivity index (χ1) is 14.2. The Hall–Kier alpha value is -2.98. The molecule has 0 aliphatic carbocycles. The van der Waals surface area contributed by atoms with Crippen LogP contribution in [-0.4, -0.2) is 19.5 Å². The van der Waals surface area contributed by atoms with Gasteiger partial charge in [-0.05, 0) is 61.9 Å². The first kappa shape index (κ1) is 21.7. The maximum Gasteiger partial charge on any atom is 0.271 e. The van der Waals surface area contributed by atoms with Gasteiger partial charge in [0.1, 0.15) is 21.4 Å². The van der Waals surface area contributed by atoms with Crippen LogP contribution in [0.3, 0.4) is 0 Å². The Bertz CT molecular complexity index is 1210. The zero-order chi connectivity index (χ0) is 21.9. The van der Waals surface area contributed by atoms with Gasteiger partial charge in [0.25, 0.3) is 10.0 Å². The van der Waals surface area contributed by atoms with Crippen LogP contribution >= 0.6 is 11.3 Å². The third-order valence-electron chi connectivity index (χ3n) is 4.17. The Morgan fingerprint density at radius 1 is 1.23 bits per heavy atom. The van der Waals surface area contributed by atoms with Crippen LogP contribution in [0.25, 0.3) is 12.2 Å². The van der Waals surface area contributed by atoms with Crippen LogP contribution in [0.4, 0.5) is 15.8 Å². The SMILES string of the molecule is CCC(=O)Nc1c(C)noc1C=Cc1ccc(S(=O)(=O)Nc2ccc(F)cc2C)s1. The third kappa shape index (κ3) is 4.95. The van der Waals surface area contributed by atoms with Gasteiger partial charge in [-0.2, -0.15) is 0 Å². The van der Waals surface area contributed by atoms with Crippen molar-refractivity contribution in [2.24, 2.45) is 0 Å². The molecule has 1 amide bonds. The minimum Gasteiger partial charge on any atom is -0.354 e. The molecule has 30 heavy (non-hydrogen) atoms. The highest BCUT2D eigenvalue weighted by Crippen LogP contribution is 2.28. The van der Waals surface area contributed by atoms with Crippen LogP contribution in [0.2, 0.25) is 0 Å². The lowest BCUT2D eigenvalue weighted by molar-refractivity contribution is -0.115. The summed E-state index contributed by atoms with van der Waals surface area (Å²) in [6, 6.07) is 6.98. The minimum absolute atomic E-state index is 0.110. The van der Waals surface area contributed by atoms with Gasteiger partial charge >= 0.3 is 0 Å². The van der Waals surface area contributed by atoms with Crippen molar-refractivity contribution in [3.63, 3.8) is 0 Å². The molecular weight excluding hydrogens is 429 g/mol. The number of thiophene rings is 1. The van der Waals surface area contributed by atoms with Crippen LogP contribution in [0, 0.1) is 19.7 Å². The van der Waals surface area contributed by atoms with Gasteiger partial charge in [0.2, 0.25) is 5.91 Å². The van der Waals surface area contributed by atoms with Crippen molar-refractivity contribution in [2.75, 3.05) is 10.0 Å². The molecule has 2 heterocycles. The molecule has 1 aromatic carbocycles. The van der Waals surface area contributed by atoms with E-state index in [0.29, 0.717) is 39.7 Å². The van der Waals surface area contributed by atoms with Crippen molar-refractivity contribution in [2.45, 2.75) is 31.4 Å². The molecule has 0 radical (unpaired) electrons. The van der Waals surface area contributed by atoms with Gasteiger partial charge in [-0.15, -0.1) is 11.3 Å². The predicted molar refractivity (Wildman–Crippen MR) is 115 cm³/mol. The van der Waals surface area contributed by atoms with E-state index < -0.39 is 15.8 Å². The largest absolute Gasteiger partial charge is 0.354 e. The van der Waals surface area contributed by atoms with Gasteiger partial charge in [0.15, 0.2) is 5.76 Å². The predicted octanol–water partition coefficient (Wildman–Crippen LogP) is 4.81. The number of sulfonamides is 1. The van der Waals surface area contributed by atoms with Crippen LogP contribution in [0.15, 0.2) is 39.1 Å². The molecule has 0 aliphatic heterocycles. The fourth-order valence-corrected chi connectivity index (χ4v) is 4.90. The Morgan fingerprint density at radius 3 is 2.70 bits per heavy atom. The first-order valence-electron chi connectivity index (χ1n) is 9.02. The van der Waals surface area contributed by atoms with E-state index >= 15 is 0 Å². The standard InChI is InChI=1S/C20H20FN3O4S2/c1-4-18(25)22-20-13(3)23-28-17(20)9-6-15-7-10-19(29-15)30(26,27)24-16-8-5-14(21)11-12(16)2/h5-11,24H,4H2,1-3H3,(H,22,25). The summed E-state index contributed by atoms with van der Waals surface area (Å²) in [6.45, 7) is 5.08. The highest BCUT2D eigenvalue weighted by atomic mass is 32.2. The number of aryl methyl sites for hydroxylation is 2. The third-order valence-corrected chi connectivity index (χ3v) is 7.08. The van der Waals surface area contributed by atoms with Crippen molar-refractivity contribution in [3.8, 4) is 0 Å². The second-order valence-corrected chi connectivity index (χ2v) is 9.49. The average molecular weight is 450 g/mol. The number of carbonyl (C=O) groups is 1. The zero-order valence-corrected chi connectivity index (χ0v) is 18.2. The molecule has 0 saturated heterocycles. The molecule has 0 saturated carbocycles. The van der Waals surface area contributed by atoms with Gasteiger partial charge in [0.05, 0.1) is 5.69 Å². The van der Waals surface area contributed by atoms with Crippen molar-refractivity contribution in [1.29, 1.82) is 0 Å². The van der Waals surface area contributed by atoms with Crippen LogP contribution < -0.4 is 10.0 Å². The summed E-state index contributed by atoms with van der Waals surface area (Å²) in [4.78, 5) is 12.3. The summed E-state index contributed by atoms with van der Waals surface area (Å²) < 4.78 is 46.3. The number of nitrogens with one attached hydrogen (secondary N) is 2. The summed E-state index contributed by atoms with van der Waals surface area (Å²) in [5.74, 6) is -0.231. The maximum absolute atomic E-state index is 13.2. The number of halogens is 1. The molecule has 0 fully saturated rings. The molecule has 0 atom stereocenters. The van der Waals surface area contributed by atoms with Gasteiger partial charge in [0, 0.05) is 11.3 Å². The number of carbonyl (C=O) groups excluding carboxylic acids is 1. The van der Waals surface area contributed by atoms with E-state index in [2.05, 4.69) is 15.2 Å². The number of aromatic nitrogens is 1. The van der Waals surface area contributed by atoms with E-state index in [4.69, 9.17) is 4.52 Å². The molecule has 0 unspecified atom stereocenters. The summed E-state index contributed by atoms with van der Waals surface area (Å²) in [5, 5.41) is 6.59. The lowest BCUT2D eigenvalue weighted by Crippen LogP contribution is -2.12. The highest BCUT2D eigenvalue weighted by Gasteiger charge is 2.18. The van der Waals surface area contributed by atoms with Crippen molar-refractivity contribution in [1.82, 2.24) is 5.16 Å². The number of nitrogens with zero attached hydrogens (tertiary/aromatic N) is 1. The van der Waals surface area contributed by atoms with E-state index in [1.807, 2.05) is 0 Å². The topological polar surface area (TPSA) is 101 Å². The molecule has 158 valence electrons. The molecule has 3 aromatic rings. The van der Waals surface area contributed by atoms with Crippen molar-refractivity contribution < 1.29 is 22.1 Å². The lowest BCUT2D eigenvalue weighted by atomic mass is 10.2. The van der Waals surface area contributed by atoms with Crippen LogP contribution in [0.1, 0.15) is 35.2 Å². The quantitative estimate of drug-likeness (QED) is 0.539. The van der Waals surface area contributed by atoms with Crippen molar-refractivity contribution >= 4 is 50.8 Å². The Labute approximate surface area is 177 Å². The molecule has 2 N–H and O–H groups in total. The molecule has 0 bridgehead atoms. The number of hydrogen-bond acceptors (Lipinski definition) is 6. The number of benzene rings is 1. The van der Waals surface area contributed by atoms with E-state index in [9.17, 15) is 17.6 Å². The fraction of sp³-hybridized carbons (Fsp3) is 0.200. The maximum atomic E-state index is 13.2. The molecule has 7 nitrogen and oxygen atoms in total. The number of hydrogen-bond donors (Lipinski definition) is 2. The van der Waals surface area contributed by atoms with Gasteiger partial charge in [-0.1, -0.05) is 12.1 Å². The number of anilines is 2. The van der Waals surface area contributed by atoms with Crippen molar-refractivity contribution in [3.05, 3.63) is 58.0 Å². The van der Waals surface area contributed by atoms with E-state index in [1.54, 1.807) is 39.0 Å². The summed E-state index contributed by atoms with van der Waals surface area (Å²) in [7, 11) is -3.81. The summed E-state index contributed by atoms with van der Waals surface area (Å²) in [5.41, 5.74) is 1.83. The second kappa shape index (κ2) is 8.80. The normalized spacial score (nSPS) is 11.7. The van der Waals surface area contributed by atoms with Gasteiger partial charge in [-0.25, -0.2) is 12.8 Å². The summed E-state index contributed by atoms with van der Waals surface area (Å²) >= 11 is 1.06. The second-order valence-electron chi connectivity index (χ2n) is 6.46. The fourth-order valence-electron chi connectivity index (χ4n) is 2.54. The number of amides is 1. The molecule has 3 rings (SSSR count). The molecule has 0 spiro atoms. The Kier molecular flexibility index (Phi) is 6.37. The van der Waals surface area contributed by atoms with Gasteiger partial charge < -0.3 is 9.84 Å². The molecule has 2 aromatic heterocycles. The monoisotopic (exact) mass is 449 g/mol. The van der Waals surface area contributed by atoms with Crippen LogP contribution in [0.5, 0.6) is 0 Å². The zero-order valence-electron chi connectivity index (χ0n) is 16.5. The highest BCUT2D eigenvalue weighted by molar-refractivity contribution is 7.94. The molecule has 10 heteroatoms. The number of rotatable bonds is 7. The summed E-state index contributed by atoms with van der Waals surface area (Å²) in [6.07, 6.45) is 3.61. The van der Waals surface area contributed by atoms with Gasteiger partial charge in [-0.3, -0.25) is 9.52 Å². The first-order valence-corrected chi connectivity index (χ1v) is 11.3. The van der Waals surface area contributed by atoms with E-state index in [1.165, 1.54) is 24.3 Å². The average Bonchev–Trinajstić information content (AvgIpc) is 3.30. The van der Waals surface area contributed by atoms with E-state index in [-0.39, 0.29) is 10.1 Å². The molecule has 0 aliphatic rings. The lowest BCUT2D eigenvalue weighted by Gasteiger charge is -2.09. The minimum atomic E-state index is -3.81. The Morgan fingerprint density at radius 2 is 2.00 bits per heavy atom.